The summed E-state index contributed by atoms with van der Waals surface area (Å²) in [5, 5.41) is 13.4. The van der Waals surface area contributed by atoms with Gasteiger partial charge in [-0.05, 0) is 29.3 Å². The van der Waals surface area contributed by atoms with Gasteiger partial charge in [-0.25, -0.2) is 4.79 Å². The molecule has 1 aromatic heterocycles. The molecule has 3 rings (SSSR count). The summed E-state index contributed by atoms with van der Waals surface area (Å²) in [6, 6.07) is 13.1. The molecule has 0 fully saturated rings. The fourth-order valence-corrected chi connectivity index (χ4v) is 3.44. The van der Waals surface area contributed by atoms with Crippen molar-refractivity contribution < 1.29 is 14.3 Å². The second-order valence-corrected chi connectivity index (χ2v) is 6.09. The number of benzene rings is 1. The third-order valence-corrected chi connectivity index (χ3v) is 4.53. The lowest BCUT2D eigenvalue weighted by Gasteiger charge is -2.27. The molecule has 1 aromatic carbocycles. The smallest absolute Gasteiger partial charge is 0.338 e. The maximum Gasteiger partial charge on any atom is 0.338 e. The molecule has 0 amide bonds. The first kappa shape index (κ1) is 16.8. The molecule has 1 aliphatic rings. The highest BCUT2D eigenvalue weighted by molar-refractivity contribution is 7.08. The van der Waals surface area contributed by atoms with Crippen molar-refractivity contribution in [2.45, 2.75) is 12.8 Å². The Labute approximate surface area is 149 Å². The lowest BCUT2D eigenvalue weighted by Crippen LogP contribution is -2.25. The number of carbonyl (C=O) groups is 1. The van der Waals surface area contributed by atoms with E-state index < -0.39 is 11.9 Å². The van der Waals surface area contributed by atoms with Gasteiger partial charge in [0.25, 0.3) is 0 Å². The molecule has 2 N–H and O–H groups in total. The highest BCUT2D eigenvalue weighted by Gasteiger charge is 2.38. The molecule has 1 atom stereocenters. The van der Waals surface area contributed by atoms with Crippen LogP contribution in [0.1, 0.15) is 24.0 Å². The number of rotatable bonds is 4. The largest absolute Gasteiger partial charge is 0.463 e. The normalized spacial score (nSPS) is 17.0. The predicted molar refractivity (Wildman–Crippen MR) is 95.0 cm³/mol. The van der Waals surface area contributed by atoms with E-state index >= 15 is 0 Å². The third kappa shape index (κ3) is 3.14. The molecule has 25 heavy (non-hydrogen) atoms. The Hall–Kier alpha value is -3.04. The molecule has 5 nitrogen and oxygen atoms in total. The zero-order valence-electron chi connectivity index (χ0n) is 13.6. The van der Waals surface area contributed by atoms with Gasteiger partial charge >= 0.3 is 5.97 Å². The fourth-order valence-electron chi connectivity index (χ4n) is 2.75. The Morgan fingerprint density at radius 1 is 1.36 bits per heavy atom. The lowest BCUT2D eigenvalue weighted by molar-refractivity contribution is -0.138. The van der Waals surface area contributed by atoms with Crippen LogP contribution in [0, 0.1) is 11.3 Å². The summed E-state index contributed by atoms with van der Waals surface area (Å²) in [6.07, 6.45) is 0. The van der Waals surface area contributed by atoms with Crippen LogP contribution < -0.4 is 5.73 Å². The van der Waals surface area contributed by atoms with Crippen molar-refractivity contribution in [3.63, 3.8) is 0 Å². The molecule has 0 saturated carbocycles. The van der Waals surface area contributed by atoms with E-state index in [2.05, 4.69) is 6.07 Å². The van der Waals surface area contributed by atoms with Gasteiger partial charge in [-0.3, -0.25) is 0 Å². The minimum atomic E-state index is -0.612. The minimum absolute atomic E-state index is 0.00519. The number of carbonyl (C=O) groups excluding carboxylic acids is 1. The summed E-state index contributed by atoms with van der Waals surface area (Å²) in [5.41, 5.74) is 8.01. The highest BCUT2D eigenvalue weighted by atomic mass is 32.1. The Balaban J connectivity index is 2.25. The number of thiophene rings is 1. The molecule has 0 saturated heterocycles. The Morgan fingerprint density at radius 3 is 2.72 bits per heavy atom. The van der Waals surface area contributed by atoms with Crippen LogP contribution in [0.4, 0.5) is 0 Å². The van der Waals surface area contributed by atoms with E-state index in [1.807, 2.05) is 47.2 Å². The van der Waals surface area contributed by atoms with Crippen LogP contribution in [0.2, 0.25) is 0 Å². The van der Waals surface area contributed by atoms with Gasteiger partial charge in [-0.2, -0.15) is 16.6 Å². The monoisotopic (exact) mass is 352 g/mol. The van der Waals surface area contributed by atoms with Crippen LogP contribution in [-0.4, -0.2) is 12.6 Å². The van der Waals surface area contributed by atoms with Crippen LogP contribution in [0.15, 0.2) is 64.2 Å². The van der Waals surface area contributed by atoms with E-state index in [1.54, 1.807) is 6.92 Å². The molecule has 2 aromatic rings. The first-order valence-electron chi connectivity index (χ1n) is 7.73. The van der Waals surface area contributed by atoms with Gasteiger partial charge in [0.1, 0.15) is 17.4 Å². The maximum atomic E-state index is 12.7. The number of nitrogens with two attached hydrogens (primary N) is 1. The number of esters is 1. The maximum absolute atomic E-state index is 12.7. The lowest BCUT2D eigenvalue weighted by atomic mass is 9.83. The van der Waals surface area contributed by atoms with Crippen molar-refractivity contribution in [1.29, 1.82) is 5.26 Å². The van der Waals surface area contributed by atoms with E-state index in [0.717, 1.165) is 5.56 Å². The standard InChI is InChI=1S/C19H16N2O3S/c1-2-23-19(22)16-15(13-8-9-25-11-13)14(10-20)18(21)24-17(16)12-6-4-3-5-7-12/h3-9,11,15H,2,21H2,1H3. The first-order valence-corrected chi connectivity index (χ1v) is 8.68. The third-order valence-electron chi connectivity index (χ3n) is 3.83. The van der Waals surface area contributed by atoms with Gasteiger partial charge in [0.05, 0.1) is 18.1 Å². The van der Waals surface area contributed by atoms with Gasteiger partial charge in [-0.1, -0.05) is 30.3 Å². The number of allylic oxidation sites excluding steroid dienone is 1. The number of hydrogen-bond donors (Lipinski definition) is 1. The SMILES string of the molecule is CCOC(=O)C1=C(c2ccccc2)OC(N)=C(C#N)C1c1ccsc1. The van der Waals surface area contributed by atoms with Crippen molar-refractivity contribution in [3.8, 4) is 6.07 Å². The van der Waals surface area contributed by atoms with E-state index in [9.17, 15) is 10.1 Å². The molecule has 1 unspecified atom stereocenters. The molecule has 0 aliphatic carbocycles. The Morgan fingerprint density at radius 2 is 2.12 bits per heavy atom. The molecule has 126 valence electrons. The van der Waals surface area contributed by atoms with Crippen LogP contribution in [0.25, 0.3) is 5.76 Å². The number of ether oxygens (including phenoxy) is 2. The highest BCUT2D eigenvalue weighted by Crippen LogP contribution is 2.43. The summed E-state index contributed by atoms with van der Waals surface area (Å²) in [5.74, 6) is -0.797. The molecule has 1 aliphatic heterocycles. The Bertz CT molecular complexity index is 877. The van der Waals surface area contributed by atoms with Crippen LogP contribution >= 0.6 is 11.3 Å². The van der Waals surface area contributed by atoms with Gasteiger partial charge in [0, 0.05) is 5.56 Å². The molecule has 0 radical (unpaired) electrons. The number of nitrogens with zero attached hydrogens (tertiary/aromatic N) is 1. The minimum Gasteiger partial charge on any atom is -0.463 e. The number of nitriles is 1. The second kappa shape index (κ2) is 7.24. The zero-order chi connectivity index (χ0) is 17.8. The van der Waals surface area contributed by atoms with Crippen LogP contribution in [0.5, 0.6) is 0 Å². The molecule has 0 spiro atoms. The zero-order valence-corrected chi connectivity index (χ0v) is 14.4. The van der Waals surface area contributed by atoms with Crippen molar-refractivity contribution in [3.05, 3.63) is 75.3 Å². The summed E-state index contributed by atoms with van der Waals surface area (Å²) < 4.78 is 10.9. The van der Waals surface area contributed by atoms with Gasteiger partial charge in [0.15, 0.2) is 0 Å². The molecule has 6 heteroatoms. The van der Waals surface area contributed by atoms with Crippen LogP contribution in [0.3, 0.4) is 0 Å². The van der Waals surface area contributed by atoms with Gasteiger partial charge in [-0.15, -0.1) is 0 Å². The second-order valence-electron chi connectivity index (χ2n) is 5.31. The molecular weight excluding hydrogens is 336 g/mol. The molecular formula is C19H16N2O3S. The van der Waals surface area contributed by atoms with Crippen molar-refractivity contribution >= 4 is 23.1 Å². The molecule has 2 heterocycles. The van der Waals surface area contributed by atoms with E-state index in [0.29, 0.717) is 11.3 Å². The van der Waals surface area contributed by atoms with Gasteiger partial charge < -0.3 is 15.2 Å². The summed E-state index contributed by atoms with van der Waals surface area (Å²) in [7, 11) is 0. The average molecular weight is 352 g/mol. The quantitative estimate of drug-likeness (QED) is 0.851. The summed E-state index contributed by atoms with van der Waals surface area (Å²) >= 11 is 1.48. The average Bonchev–Trinajstić information content (AvgIpc) is 3.16. The van der Waals surface area contributed by atoms with E-state index in [-0.39, 0.29) is 23.6 Å². The van der Waals surface area contributed by atoms with Crippen LogP contribution in [-0.2, 0) is 14.3 Å². The van der Waals surface area contributed by atoms with Crippen molar-refractivity contribution in [2.24, 2.45) is 5.73 Å². The topological polar surface area (TPSA) is 85.3 Å². The number of hydrogen-bond acceptors (Lipinski definition) is 6. The first-order chi connectivity index (χ1) is 12.2. The predicted octanol–water partition coefficient (Wildman–Crippen LogP) is 3.53. The van der Waals surface area contributed by atoms with E-state index in [4.69, 9.17) is 15.2 Å². The van der Waals surface area contributed by atoms with Gasteiger partial charge in [0.2, 0.25) is 5.88 Å². The Kier molecular flexibility index (Phi) is 4.87. The van der Waals surface area contributed by atoms with Crippen molar-refractivity contribution in [1.82, 2.24) is 0 Å². The summed E-state index contributed by atoms with van der Waals surface area (Å²) in [4.78, 5) is 12.7. The van der Waals surface area contributed by atoms with Crippen molar-refractivity contribution in [2.75, 3.05) is 6.61 Å². The summed E-state index contributed by atoms with van der Waals surface area (Å²) in [6.45, 7) is 1.96. The fraction of sp³-hybridized carbons (Fsp3) is 0.158. The molecule has 0 bridgehead atoms. The van der Waals surface area contributed by atoms with E-state index in [1.165, 1.54) is 11.3 Å².